The molecule has 0 spiro atoms. The zero-order valence-corrected chi connectivity index (χ0v) is 14.4. The Bertz CT molecular complexity index is 822. The van der Waals surface area contributed by atoms with Crippen molar-refractivity contribution >= 4 is 33.0 Å². The monoisotopic (exact) mass is 370 g/mol. The molecule has 1 saturated carbocycles. The fourth-order valence-electron chi connectivity index (χ4n) is 3.06. The molecule has 1 aliphatic carbocycles. The minimum absolute atomic E-state index is 0.0811. The van der Waals surface area contributed by atoms with Crippen LogP contribution >= 0.6 is 23.2 Å². The Morgan fingerprint density at radius 3 is 1.91 bits per heavy atom. The van der Waals surface area contributed by atoms with Crippen LogP contribution < -0.4 is 11.5 Å². The van der Waals surface area contributed by atoms with Crippen LogP contribution in [0.5, 0.6) is 0 Å². The molecule has 23 heavy (non-hydrogen) atoms. The normalized spacial score (nSPS) is 27.0. The van der Waals surface area contributed by atoms with Gasteiger partial charge in [-0.05, 0) is 42.0 Å². The highest BCUT2D eigenvalue weighted by atomic mass is 35.5. The molecule has 0 bridgehead atoms. The summed E-state index contributed by atoms with van der Waals surface area (Å²) in [4.78, 5) is 0.201. The van der Waals surface area contributed by atoms with Gasteiger partial charge in [0.1, 0.15) is 0 Å². The van der Waals surface area contributed by atoms with Crippen molar-refractivity contribution in [2.24, 2.45) is 11.5 Å². The Hall–Kier alpha value is -1.11. The number of hydrogen-bond acceptors (Lipinski definition) is 4. The fourth-order valence-corrected chi connectivity index (χ4v) is 5.63. The molecule has 122 valence electrons. The van der Waals surface area contributed by atoms with E-state index in [2.05, 4.69) is 0 Å². The Balaban J connectivity index is 2.01. The van der Waals surface area contributed by atoms with Crippen molar-refractivity contribution in [2.45, 2.75) is 21.6 Å². The molecule has 2 aromatic carbocycles. The van der Waals surface area contributed by atoms with Gasteiger partial charge >= 0.3 is 0 Å². The van der Waals surface area contributed by atoms with Crippen LogP contribution in [0.25, 0.3) is 0 Å². The van der Waals surface area contributed by atoms with Crippen LogP contribution in [0.2, 0.25) is 10.0 Å². The summed E-state index contributed by atoms with van der Waals surface area (Å²) in [5.41, 5.74) is 11.9. The van der Waals surface area contributed by atoms with Gasteiger partial charge in [0.25, 0.3) is 0 Å². The van der Waals surface area contributed by atoms with Crippen LogP contribution in [0, 0.1) is 0 Å². The Morgan fingerprint density at radius 1 is 0.957 bits per heavy atom. The molecule has 0 radical (unpaired) electrons. The van der Waals surface area contributed by atoms with E-state index in [9.17, 15) is 8.42 Å². The third kappa shape index (κ3) is 2.77. The zero-order valence-electron chi connectivity index (χ0n) is 12.1. The van der Waals surface area contributed by atoms with E-state index in [0.29, 0.717) is 10.0 Å². The molecule has 3 unspecified atom stereocenters. The van der Waals surface area contributed by atoms with Crippen molar-refractivity contribution in [1.82, 2.24) is 0 Å². The first-order valence-electron chi connectivity index (χ1n) is 7.04. The first-order chi connectivity index (χ1) is 10.8. The molecule has 0 aliphatic heterocycles. The van der Waals surface area contributed by atoms with Gasteiger partial charge in [0, 0.05) is 22.5 Å². The molecule has 1 aliphatic rings. The molecule has 0 aromatic heterocycles. The SMILES string of the molecule is NCC1(N)C(c2ccc(Cl)cc2)C1S(=O)(=O)c1ccc(Cl)cc1. The fraction of sp³-hybridized carbons (Fsp3) is 0.250. The average Bonchev–Trinajstić information content (AvgIpc) is 3.16. The van der Waals surface area contributed by atoms with Gasteiger partial charge in [-0.15, -0.1) is 0 Å². The van der Waals surface area contributed by atoms with Crippen molar-refractivity contribution in [3.05, 3.63) is 64.1 Å². The number of hydrogen-bond donors (Lipinski definition) is 2. The summed E-state index contributed by atoms with van der Waals surface area (Å²) in [7, 11) is -3.61. The highest BCUT2D eigenvalue weighted by molar-refractivity contribution is 7.92. The maximum Gasteiger partial charge on any atom is 0.183 e. The van der Waals surface area contributed by atoms with Crippen LogP contribution in [-0.2, 0) is 9.84 Å². The third-order valence-corrected chi connectivity index (χ3v) is 7.17. The zero-order chi connectivity index (χ0) is 16.8. The van der Waals surface area contributed by atoms with E-state index in [0.717, 1.165) is 5.56 Å². The van der Waals surface area contributed by atoms with E-state index in [1.54, 1.807) is 36.4 Å². The molecule has 4 N–H and O–H groups in total. The minimum Gasteiger partial charge on any atom is -0.329 e. The summed E-state index contributed by atoms with van der Waals surface area (Å²) in [6, 6.07) is 13.1. The lowest BCUT2D eigenvalue weighted by atomic mass is 10.1. The van der Waals surface area contributed by atoms with Gasteiger partial charge in [0.2, 0.25) is 0 Å². The first-order valence-corrected chi connectivity index (χ1v) is 9.35. The summed E-state index contributed by atoms with van der Waals surface area (Å²) in [5.74, 6) is -0.356. The second-order valence-electron chi connectivity index (χ2n) is 5.77. The number of nitrogens with two attached hydrogens (primary N) is 2. The average molecular weight is 371 g/mol. The lowest BCUT2D eigenvalue weighted by molar-refractivity contribution is 0.586. The maximum absolute atomic E-state index is 12.9. The van der Waals surface area contributed by atoms with E-state index < -0.39 is 20.6 Å². The topological polar surface area (TPSA) is 86.2 Å². The first kappa shape index (κ1) is 16.7. The lowest BCUT2D eigenvalue weighted by Gasteiger charge is -2.09. The number of benzene rings is 2. The van der Waals surface area contributed by atoms with Crippen molar-refractivity contribution in [2.75, 3.05) is 6.54 Å². The van der Waals surface area contributed by atoms with Crippen LogP contribution in [-0.4, -0.2) is 25.8 Å². The van der Waals surface area contributed by atoms with Crippen molar-refractivity contribution in [1.29, 1.82) is 0 Å². The van der Waals surface area contributed by atoms with E-state index in [-0.39, 0.29) is 17.4 Å². The van der Waals surface area contributed by atoms with E-state index in [1.165, 1.54) is 12.1 Å². The summed E-state index contributed by atoms with van der Waals surface area (Å²) in [6.07, 6.45) is 0. The smallest absolute Gasteiger partial charge is 0.183 e. The van der Waals surface area contributed by atoms with Gasteiger partial charge in [0.05, 0.1) is 15.7 Å². The molecule has 4 nitrogen and oxygen atoms in total. The predicted molar refractivity (Wildman–Crippen MR) is 92.6 cm³/mol. The Kier molecular flexibility index (Phi) is 4.19. The Morgan fingerprint density at radius 2 is 1.43 bits per heavy atom. The molecule has 0 saturated heterocycles. The molecule has 7 heteroatoms. The summed E-state index contributed by atoms with van der Waals surface area (Å²) in [6.45, 7) is 0.0811. The van der Waals surface area contributed by atoms with Gasteiger partial charge in [-0.25, -0.2) is 8.42 Å². The highest BCUT2D eigenvalue weighted by Gasteiger charge is 2.68. The van der Waals surface area contributed by atoms with Crippen LogP contribution in [0.1, 0.15) is 11.5 Å². The highest BCUT2D eigenvalue weighted by Crippen LogP contribution is 2.55. The van der Waals surface area contributed by atoms with Crippen molar-refractivity contribution in [3.8, 4) is 0 Å². The lowest BCUT2D eigenvalue weighted by Crippen LogP contribution is -2.39. The standard InChI is InChI=1S/C16H16Cl2N2O2S/c17-11-3-1-10(2-4-11)14-15(16(14,20)9-19)23(21,22)13-7-5-12(18)6-8-13/h1-8,14-15H,9,19-20H2. The van der Waals surface area contributed by atoms with Crippen LogP contribution in [0.4, 0.5) is 0 Å². The van der Waals surface area contributed by atoms with Gasteiger partial charge in [-0.3, -0.25) is 0 Å². The minimum atomic E-state index is -3.61. The van der Waals surface area contributed by atoms with Gasteiger partial charge < -0.3 is 11.5 Å². The summed E-state index contributed by atoms with van der Waals surface area (Å²) >= 11 is 11.7. The molecule has 0 heterocycles. The van der Waals surface area contributed by atoms with Crippen LogP contribution in [0.3, 0.4) is 0 Å². The molecule has 2 aromatic rings. The second kappa shape index (κ2) is 5.76. The quantitative estimate of drug-likeness (QED) is 0.865. The largest absolute Gasteiger partial charge is 0.329 e. The van der Waals surface area contributed by atoms with Crippen molar-refractivity contribution < 1.29 is 8.42 Å². The third-order valence-electron chi connectivity index (χ3n) is 4.36. The van der Waals surface area contributed by atoms with E-state index >= 15 is 0 Å². The molecule has 3 atom stereocenters. The molecule has 3 rings (SSSR count). The maximum atomic E-state index is 12.9. The molecule has 1 fully saturated rings. The van der Waals surface area contributed by atoms with Crippen molar-refractivity contribution in [3.63, 3.8) is 0 Å². The van der Waals surface area contributed by atoms with Crippen LogP contribution in [0.15, 0.2) is 53.4 Å². The summed E-state index contributed by atoms with van der Waals surface area (Å²) in [5, 5.41) is 0.302. The van der Waals surface area contributed by atoms with E-state index in [4.69, 9.17) is 34.7 Å². The van der Waals surface area contributed by atoms with E-state index in [1.807, 2.05) is 0 Å². The Labute approximate surface area is 145 Å². The van der Waals surface area contributed by atoms with Gasteiger partial charge in [-0.1, -0.05) is 35.3 Å². The van der Waals surface area contributed by atoms with Gasteiger partial charge in [-0.2, -0.15) is 0 Å². The number of sulfone groups is 1. The molecule has 0 amide bonds. The second-order valence-corrected chi connectivity index (χ2v) is 8.71. The number of halogens is 2. The summed E-state index contributed by atoms with van der Waals surface area (Å²) < 4.78 is 25.9. The predicted octanol–water partition coefficient (Wildman–Crippen LogP) is 2.59. The van der Waals surface area contributed by atoms with Gasteiger partial charge in [0.15, 0.2) is 9.84 Å². The molecular weight excluding hydrogens is 355 g/mol. The number of rotatable bonds is 4. The molecular formula is C16H16Cl2N2O2S.